The molecular formula is C18H30ClN7O. The van der Waals surface area contributed by atoms with E-state index in [1.807, 2.05) is 4.68 Å². The van der Waals surface area contributed by atoms with Gasteiger partial charge in [0.05, 0.1) is 18.1 Å². The number of carbonyl (C=O) groups is 1. The number of hydrogen-bond acceptors (Lipinski definition) is 5. The molecule has 0 unspecified atom stereocenters. The van der Waals surface area contributed by atoms with E-state index in [4.69, 9.17) is 0 Å². The fourth-order valence-electron chi connectivity index (χ4n) is 3.28. The van der Waals surface area contributed by atoms with E-state index in [1.165, 1.54) is 45.1 Å². The molecule has 1 aliphatic heterocycles. The van der Waals surface area contributed by atoms with Crippen LogP contribution in [0.1, 0.15) is 45.4 Å². The summed E-state index contributed by atoms with van der Waals surface area (Å²) in [6.45, 7) is 6.85. The van der Waals surface area contributed by atoms with Gasteiger partial charge in [-0.05, 0) is 32.4 Å². The Hall–Kier alpha value is -1.93. The average Bonchev–Trinajstić information content (AvgIpc) is 2.88. The highest BCUT2D eigenvalue weighted by molar-refractivity contribution is 5.97. The van der Waals surface area contributed by atoms with Crippen LogP contribution in [0.15, 0.2) is 12.5 Å². The SMILES string of the molecule is CCCCNC(=O)Nc1ncnc2c1cnn2CCN1CCCCCC1.Cl. The maximum Gasteiger partial charge on any atom is 0.320 e. The van der Waals surface area contributed by atoms with Crippen molar-refractivity contribution in [2.75, 3.05) is 31.5 Å². The molecule has 1 aliphatic rings. The second-order valence-corrected chi connectivity index (χ2v) is 6.82. The lowest BCUT2D eigenvalue weighted by Crippen LogP contribution is -2.30. The Morgan fingerprint density at radius 3 is 2.67 bits per heavy atom. The first-order valence-electron chi connectivity index (χ1n) is 9.71. The Balaban J connectivity index is 0.00000261. The summed E-state index contributed by atoms with van der Waals surface area (Å²) in [5, 5.41) is 10.9. The molecule has 27 heavy (non-hydrogen) atoms. The summed E-state index contributed by atoms with van der Waals surface area (Å²) in [5.41, 5.74) is 0.763. The Morgan fingerprint density at radius 2 is 1.93 bits per heavy atom. The molecule has 9 heteroatoms. The number of aromatic nitrogens is 4. The van der Waals surface area contributed by atoms with Gasteiger partial charge in [0.2, 0.25) is 0 Å². The normalized spacial score (nSPS) is 15.1. The van der Waals surface area contributed by atoms with Crippen LogP contribution in [0.4, 0.5) is 10.6 Å². The van der Waals surface area contributed by atoms with E-state index < -0.39 is 0 Å². The smallest absolute Gasteiger partial charge is 0.320 e. The van der Waals surface area contributed by atoms with Crippen LogP contribution in [-0.2, 0) is 6.54 Å². The Labute approximate surface area is 166 Å². The van der Waals surface area contributed by atoms with Crippen molar-refractivity contribution >= 4 is 35.3 Å². The summed E-state index contributed by atoms with van der Waals surface area (Å²) < 4.78 is 1.90. The number of fused-ring (bicyclic) bond motifs is 1. The standard InChI is InChI=1S/C18H29N7O.ClH/c1-2-3-8-19-18(26)23-16-15-13-22-25(17(15)21-14-20-16)12-11-24-9-6-4-5-7-10-24;/h13-14H,2-12H2,1H3,(H2,19,20,21,23,26);1H. The average molecular weight is 396 g/mol. The van der Waals surface area contributed by atoms with Gasteiger partial charge in [0.15, 0.2) is 5.65 Å². The Bertz CT molecular complexity index is 713. The van der Waals surface area contributed by atoms with Crippen LogP contribution in [0.5, 0.6) is 0 Å². The maximum absolute atomic E-state index is 12.0. The van der Waals surface area contributed by atoms with Gasteiger partial charge in [0, 0.05) is 13.1 Å². The molecule has 3 rings (SSSR count). The van der Waals surface area contributed by atoms with E-state index in [9.17, 15) is 4.79 Å². The molecule has 0 aliphatic carbocycles. The highest BCUT2D eigenvalue weighted by atomic mass is 35.5. The number of anilines is 1. The van der Waals surface area contributed by atoms with Crippen molar-refractivity contribution < 1.29 is 4.79 Å². The van der Waals surface area contributed by atoms with Gasteiger partial charge in [0.25, 0.3) is 0 Å². The fraction of sp³-hybridized carbons (Fsp3) is 0.667. The van der Waals surface area contributed by atoms with Gasteiger partial charge in [0.1, 0.15) is 12.1 Å². The summed E-state index contributed by atoms with van der Waals surface area (Å²) in [6.07, 6.45) is 10.5. The maximum atomic E-state index is 12.0. The molecule has 0 spiro atoms. The van der Waals surface area contributed by atoms with E-state index in [0.29, 0.717) is 12.4 Å². The number of rotatable bonds is 7. The molecule has 2 amide bonds. The zero-order chi connectivity index (χ0) is 18.2. The quantitative estimate of drug-likeness (QED) is 0.703. The van der Waals surface area contributed by atoms with Crippen molar-refractivity contribution in [1.82, 2.24) is 30.0 Å². The van der Waals surface area contributed by atoms with Crippen LogP contribution in [0, 0.1) is 0 Å². The topological polar surface area (TPSA) is 88.0 Å². The summed E-state index contributed by atoms with van der Waals surface area (Å²) in [5.74, 6) is 0.505. The second-order valence-electron chi connectivity index (χ2n) is 6.82. The van der Waals surface area contributed by atoms with Crippen LogP contribution in [0.2, 0.25) is 0 Å². The molecule has 3 heterocycles. The molecule has 0 aromatic carbocycles. The fourth-order valence-corrected chi connectivity index (χ4v) is 3.28. The zero-order valence-electron chi connectivity index (χ0n) is 16.0. The van der Waals surface area contributed by atoms with Gasteiger partial charge in [-0.2, -0.15) is 5.10 Å². The first kappa shape index (κ1) is 21.4. The Morgan fingerprint density at radius 1 is 1.15 bits per heavy atom. The molecule has 150 valence electrons. The third kappa shape index (κ3) is 6.04. The lowest BCUT2D eigenvalue weighted by atomic mass is 10.2. The van der Waals surface area contributed by atoms with Crippen LogP contribution >= 0.6 is 12.4 Å². The minimum Gasteiger partial charge on any atom is -0.338 e. The summed E-state index contributed by atoms with van der Waals surface area (Å²) >= 11 is 0. The second kappa shape index (κ2) is 11.0. The van der Waals surface area contributed by atoms with E-state index in [0.717, 1.165) is 37.0 Å². The predicted octanol–water partition coefficient (Wildman–Crippen LogP) is 3.05. The molecule has 2 aromatic heterocycles. The highest BCUT2D eigenvalue weighted by Crippen LogP contribution is 2.18. The highest BCUT2D eigenvalue weighted by Gasteiger charge is 2.14. The predicted molar refractivity (Wildman–Crippen MR) is 109 cm³/mol. The number of halogens is 1. The number of likely N-dealkylation sites (tertiary alicyclic amines) is 1. The number of nitrogens with zero attached hydrogens (tertiary/aromatic N) is 5. The molecule has 0 saturated carbocycles. The van der Waals surface area contributed by atoms with Crippen molar-refractivity contribution in [2.45, 2.75) is 52.0 Å². The third-order valence-electron chi connectivity index (χ3n) is 4.81. The molecule has 2 aromatic rings. The molecule has 0 radical (unpaired) electrons. The van der Waals surface area contributed by atoms with Gasteiger partial charge >= 0.3 is 6.03 Å². The molecule has 1 saturated heterocycles. The van der Waals surface area contributed by atoms with Gasteiger partial charge in [-0.1, -0.05) is 26.2 Å². The van der Waals surface area contributed by atoms with Gasteiger partial charge in [-0.25, -0.2) is 19.4 Å². The van der Waals surface area contributed by atoms with Crippen molar-refractivity contribution in [1.29, 1.82) is 0 Å². The summed E-state index contributed by atoms with van der Waals surface area (Å²) in [7, 11) is 0. The number of nitrogens with one attached hydrogen (secondary N) is 2. The number of urea groups is 1. The van der Waals surface area contributed by atoms with Crippen molar-refractivity contribution in [3.8, 4) is 0 Å². The van der Waals surface area contributed by atoms with Gasteiger partial charge in [-0.15, -0.1) is 12.4 Å². The van der Waals surface area contributed by atoms with E-state index >= 15 is 0 Å². The lowest BCUT2D eigenvalue weighted by molar-refractivity contribution is 0.252. The zero-order valence-corrected chi connectivity index (χ0v) is 16.8. The third-order valence-corrected chi connectivity index (χ3v) is 4.81. The van der Waals surface area contributed by atoms with E-state index in [2.05, 4.69) is 37.5 Å². The number of amides is 2. The number of unbranched alkanes of at least 4 members (excludes halogenated alkanes) is 1. The molecule has 0 bridgehead atoms. The summed E-state index contributed by atoms with van der Waals surface area (Å²) in [6, 6.07) is -0.240. The first-order valence-corrected chi connectivity index (χ1v) is 9.71. The largest absolute Gasteiger partial charge is 0.338 e. The molecule has 0 atom stereocenters. The van der Waals surface area contributed by atoms with Crippen LogP contribution < -0.4 is 10.6 Å². The monoisotopic (exact) mass is 395 g/mol. The minimum absolute atomic E-state index is 0. The first-order chi connectivity index (χ1) is 12.8. The van der Waals surface area contributed by atoms with Gasteiger partial charge < -0.3 is 10.2 Å². The van der Waals surface area contributed by atoms with Crippen LogP contribution in [0.3, 0.4) is 0 Å². The number of hydrogen-bond donors (Lipinski definition) is 2. The van der Waals surface area contributed by atoms with Crippen LogP contribution in [0.25, 0.3) is 11.0 Å². The van der Waals surface area contributed by atoms with Crippen LogP contribution in [-0.4, -0.2) is 56.9 Å². The van der Waals surface area contributed by atoms with Crippen molar-refractivity contribution in [3.63, 3.8) is 0 Å². The van der Waals surface area contributed by atoms with E-state index in [1.54, 1.807) is 6.20 Å². The Kier molecular flexibility index (Phi) is 8.74. The number of carbonyl (C=O) groups excluding carboxylic acids is 1. The van der Waals surface area contributed by atoms with Gasteiger partial charge in [-0.3, -0.25) is 5.32 Å². The lowest BCUT2D eigenvalue weighted by Gasteiger charge is -2.19. The summed E-state index contributed by atoms with van der Waals surface area (Å²) in [4.78, 5) is 23.1. The molecular weight excluding hydrogens is 366 g/mol. The minimum atomic E-state index is -0.240. The molecule has 2 N–H and O–H groups in total. The van der Waals surface area contributed by atoms with Crippen molar-refractivity contribution in [2.24, 2.45) is 0 Å². The molecule has 8 nitrogen and oxygen atoms in total. The molecule has 1 fully saturated rings. The van der Waals surface area contributed by atoms with Crippen molar-refractivity contribution in [3.05, 3.63) is 12.5 Å². The van der Waals surface area contributed by atoms with E-state index in [-0.39, 0.29) is 18.4 Å².